The Morgan fingerprint density at radius 1 is 1.25 bits per heavy atom. The first-order valence-electron chi connectivity index (χ1n) is 6.09. The average molecular weight is 295 g/mol. The van der Waals surface area contributed by atoms with Crippen molar-refractivity contribution in [1.29, 1.82) is 0 Å². The van der Waals surface area contributed by atoms with E-state index in [2.05, 4.69) is 9.71 Å². The Labute approximate surface area is 118 Å². The van der Waals surface area contributed by atoms with E-state index in [0.29, 0.717) is 22.8 Å². The number of furan rings is 1. The molecule has 0 aromatic carbocycles. The van der Waals surface area contributed by atoms with Gasteiger partial charge in [-0.15, -0.1) is 0 Å². The summed E-state index contributed by atoms with van der Waals surface area (Å²) in [4.78, 5) is 4.16. The molecule has 6 nitrogen and oxygen atoms in total. The lowest BCUT2D eigenvalue weighted by Crippen LogP contribution is -2.16. The van der Waals surface area contributed by atoms with E-state index in [1.54, 1.807) is 26.0 Å². The highest BCUT2D eigenvalue weighted by molar-refractivity contribution is 7.92. The van der Waals surface area contributed by atoms with E-state index in [0.717, 1.165) is 5.69 Å². The lowest BCUT2D eigenvalue weighted by molar-refractivity contribution is 0.494. The summed E-state index contributed by atoms with van der Waals surface area (Å²) in [6, 6.07) is 3.39. The van der Waals surface area contributed by atoms with E-state index in [4.69, 9.17) is 10.2 Å². The van der Waals surface area contributed by atoms with Crippen molar-refractivity contribution in [2.75, 3.05) is 4.72 Å². The zero-order chi connectivity index (χ0) is 14.9. The van der Waals surface area contributed by atoms with Gasteiger partial charge in [-0.1, -0.05) is 0 Å². The van der Waals surface area contributed by atoms with Crippen LogP contribution in [0.1, 0.15) is 22.8 Å². The molecule has 0 aliphatic carbocycles. The van der Waals surface area contributed by atoms with E-state index in [9.17, 15) is 8.42 Å². The van der Waals surface area contributed by atoms with Gasteiger partial charge in [-0.25, -0.2) is 8.42 Å². The zero-order valence-electron chi connectivity index (χ0n) is 11.6. The number of aryl methyl sites for hydroxylation is 3. The van der Waals surface area contributed by atoms with Gasteiger partial charge in [-0.2, -0.15) is 0 Å². The Balaban J connectivity index is 2.43. The molecule has 0 atom stereocenters. The summed E-state index contributed by atoms with van der Waals surface area (Å²) in [5.74, 6) is 0.850. The third-order valence-corrected chi connectivity index (χ3v) is 4.54. The summed E-state index contributed by atoms with van der Waals surface area (Å²) in [5, 5.41) is 0. The minimum absolute atomic E-state index is 0.103. The molecule has 20 heavy (non-hydrogen) atoms. The van der Waals surface area contributed by atoms with E-state index < -0.39 is 10.0 Å². The highest BCUT2D eigenvalue weighted by Crippen LogP contribution is 2.27. The first-order chi connectivity index (χ1) is 9.35. The van der Waals surface area contributed by atoms with Crippen LogP contribution in [-0.4, -0.2) is 13.4 Å². The molecule has 0 saturated heterocycles. The van der Waals surface area contributed by atoms with Crippen molar-refractivity contribution < 1.29 is 12.8 Å². The number of aromatic nitrogens is 1. The second kappa shape index (κ2) is 5.26. The normalized spacial score (nSPS) is 11.6. The Hall–Kier alpha value is -1.86. The molecular weight excluding hydrogens is 278 g/mol. The Morgan fingerprint density at radius 3 is 2.50 bits per heavy atom. The quantitative estimate of drug-likeness (QED) is 0.897. The van der Waals surface area contributed by atoms with Crippen molar-refractivity contribution in [3.63, 3.8) is 0 Å². The number of rotatable bonds is 4. The number of hydrogen-bond acceptors (Lipinski definition) is 5. The fourth-order valence-corrected chi connectivity index (χ4v) is 3.54. The zero-order valence-corrected chi connectivity index (χ0v) is 12.4. The summed E-state index contributed by atoms with van der Waals surface area (Å²) in [6.07, 6.45) is 1.47. The van der Waals surface area contributed by atoms with E-state index in [1.165, 1.54) is 6.20 Å². The summed E-state index contributed by atoms with van der Waals surface area (Å²) in [6.45, 7) is 5.23. The summed E-state index contributed by atoms with van der Waals surface area (Å²) in [7, 11) is -3.74. The minimum atomic E-state index is -3.74. The van der Waals surface area contributed by atoms with Gasteiger partial charge in [0.15, 0.2) is 0 Å². The van der Waals surface area contributed by atoms with Gasteiger partial charge in [0.05, 0.1) is 11.9 Å². The molecular formula is C13H17N3O3S. The maximum Gasteiger partial charge on any atom is 0.265 e. The van der Waals surface area contributed by atoms with Crippen LogP contribution in [0.2, 0.25) is 0 Å². The van der Waals surface area contributed by atoms with Crippen molar-refractivity contribution in [3.8, 4) is 0 Å². The number of sulfonamides is 1. The molecule has 3 N–H and O–H groups in total. The van der Waals surface area contributed by atoms with E-state index in [-0.39, 0.29) is 11.4 Å². The fraction of sp³-hybridized carbons (Fsp3) is 0.308. The molecule has 0 spiro atoms. The summed E-state index contributed by atoms with van der Waals surface area (Å²) >= 11 is 0. The van der Waals surface area contributed by atoms with E-state index in [1.807, 2.05) is 6.92 Å². The molecule has 0 aliphatic rings. The Kier molecular flexibility index (Phi) is 3.82. The minimum Gasteiger partial charge on any atom is -0.465 e. The third-order valence-electron chi connectivity index (χ3n) is 2.96. The largest absolute Gasteiger partial charge is 0.465 e. The molecule has 2 rings (SSSR count). The number of nitrogens with zero attached hydrogens (tertiary/aromatic N) is 1. The monoisotopic (exact) mass is 295 g/mol. The van der Waals surface area contributed by atoms with Gasteiger partial charge in [0.1, 0.15) is 16.4 Å². The smallest absolute Gasteiger partial charge is 0.265 e. The lowest BCUT2D eigenvalue weighted by Gasteiger charge is -2.08. The first-order valence-corrected chi connectivity index (χ1v) is 7.58. The molecule has 2 aromatic rings. The topological polar surface area (TPSA) is 98.2 Å². The number of nitrogens with two attached hydrogens (primary N) is 1. The fourth-order valence-electron chi connectivity index (χ4n) is 2.03. The van der Waals surface area contributed by atoms with Crippen molar-refractivity contribution in [3.05, 3.63) is 41.1 Å². The van der Waals surface area contributed by atoms with Crippen LogP contribution >= 0.6 is 0 Å². The predicted molar refractivity (Wildman–Crippen MR) is 75.9 cm³/mol. The molecule has 0 bridgehead atoms. The van der Waals surface area contributed by atoms with Crippen LogP contribution in [0.5, 0.6) is 0 Å². The molecule has 0 saturated carbocycles. The first kappa shape index (κ1) is 14.5. The Bertz CT molecular complexity index is 718. The summed E-state index contributed by atoms with van der Waals surface area (Å²) < 4.78 is 32.7. The van der Waals surface area contributed by atoms with Crippen LogP contribution in [0.3, 0.4) is 0 Å². The standard InChI is InChI=1S/C13H17N3O3S/c1-8-4-5-11(7-15-8)16-20(17,18)13-10(3)19-9(2)12(13)6-14/h4-5,7,16H,6,14H2,1-3H3. The van der Waals surface area contributed by atoms with Crippen LogP contribution in [0.25, 0.3) is 0 Å². The van der Waals surface area contributed by atoms with Gasteiger partial charge in [0, 0.05) is 17.8 Å². The van der Waals surface area contributed by atoms with Gasteiger partial charge < -0.3 is 10.2 Å². The number of anilines is 1. The van der Waals surface area contributed by atoms with Gasteiger partial charge >= 0.3 is 0 Å². The molecule has 7 heteroatoms. The van der Waals surface area contributed by atoms with Crippen LogP contribution in [0.15, 0.2) is 27.6 Å². The second-order valence-electron chi connectivity index (χ2n) is 4.52. The molecule has 2 aromatic heterocycles. The Morgan fingerprint density at radius 2 is 1.95 bits per heavy atom. The highest BCUT2D eigenvalue weighted by Gasteiger charge is 2.26. The molecule has 0 unspecified atom stereocenters. The number of hydrogen-bond donors (Lipinski definition) is 2. The predicted octanol–water partition coefficient (Wildman–Crippen LogP) is 1.86. The van der Waals surface area contributed by atoms with Crippen LogP contribution in [0, 0.1) is 20.8 Å². The molecule has 0 radical (unpaired) electrons. The third kappa shape index (κ3) is 2.68. The maximum atomic E-state index is 12.4. The second-order valence-corrected chi connectivity index (χ2v) is 6.14. The van der Waals surface area contributed by atoms with Gasteiger partial charge in [0.2, 0.25) is 0 Å². The highest BCUT2D eigenvalue weighted by atomic mass is 32.2. The maximum absolute atomic E-state index is 12.4. The average Bonchev–Trinajstić information content (AvgIpc) is 2.66. The lowest BCUT2D eigenvalue weighted by atomic mass is 10.2. The molecule has 2 heterocycles. The van der Waals surface area contributed by atoms with Crippen molar-refractivity contribution >= 4 is 15.7 Å². The van der Waals surface area contributed by atoms with Crippen molar-refractivity contribution in [1.82, 2.24) is 4.98 Å². The van der Waals surface area contributed by atoms with Crippen LogP contribution < -0.4 is 10.5 Å². The van der Waals surface area contributed by atoms with Gasteiger partial charge in [-0.3, -0.25) is 9.71 Å². The van der Waals surface area contributed by atoms with E-state index >= 15 is 0 Å². The SMILES string of the molecule is Cc1ccc(NS(=O)(=O)c2c(C)oc(C)c2CN)cn1. The van der Waals surface area contributed by atoms with Gasteiger partial charge in [-0.05, 0) is 32.9 Å². The number of pyridine rings is 1. The van der Waals surface area contributed by atoms with Crippen molar-refractivity contribution in [2.45, 2.75) is 32.2 Å². The van der Waals surface area contributed by atoms with Crippen molar-refractivity contribution in [2.24, 2.45) is 5.73 Å². The molecule has 108 valence electrons. The van der Waals surface area contributed by atoms with Crippen LogP contribution in [-0.2, 0) is 16.6 Å². The molecule has 0 fully saturated rings. The summed E-state index contributed by atoms with van der Waals surface area (Å²) in [5.41, 5.74) is 7.32. The number of nitrogens with one attached hydrogen (secondary N) is 1. The molecule has 0 aliphatic heterocycles. The molecule has 0 amide bonds. The van der Waals surface area contributed by atoms with Crippen LogP contribution in [0.4, 0.5) is 5.69 Å². The van der Waals surface area contributed by atoms with Gasteiger partial charge in [0.25, 0.3) is 10.0 Å².